The van der Waals surface area contributed by atoms with Gasteiger partial charge in [0.05, 0.1) is 19.1 Å². The minimum absolute atomic E-state index is 0.0157. The molecule has 6 nitrogen and oxygen atoms in total. The highest BCUT2D eigenvalue weighted by molar-refractivity contribution is 7.09. The number of amides is 2. The van der Waals surface area contributed by atoms with E-state index >= 15 is 0 Å². The first-order valence-corrected chi connectivity index (χ1v) is 10.1. The van der Waals surface area contributed by atoms with Crippen molar-refractivity contribution in [3.8, 4) is 0 Å². The first-order chi connectivity index (χ1) is 12.2. The molecular weight excluding hydrogens is 350 g/mol. The summed E-state index contributed by atoms with van der Waals surface area (Å²) in [6.07, 6.45) is 1.53. The van der Waals surface area contributed by atoms with Crippen molar-refractivity contribution < 1.29 is 14.3 Å². The summed E-state index contributed by atoms with van der Waals surface area (Å²) in [7, 11) is 1.41. The van der Waals surface area contributed by atoms with Crippen LogP contribution in [0.5, 0.6) is 0 Å². The van der Waals surface area contributed by atoms with Gasteiger partial charge in [-0.15, -0.1) is 11.3 Å². The van der Waals surface area contributed by atoms with Crippen LogP contribution in [0.1, 0.15) is 57.3 Å². The second-order valence-electron chi connectivity index (χ2n) is 8.16. The number of thiazole rings is 1. The number of aromatic nitrogens is 1. The molecule has 0 spiro atoms. The van der Waals surface area contributed by atoms with Crippen molar-refractivity contribution in [2.24, 2.45) is 17.3 Å². The summed E-state index contributed by atoms with van der Waals surface area (Å²) in [5.41, 5.74) is 0.983. The largest absolute Gasteiger partial charge is 0.469 e. The van der Waals surface area contributed by atoms with Gasteiger partial charge in [0, 0.05) is 24.2 Å². The highest BCUT2D eigenvalue weighted by Crippen LogP contribution is 2.36. The maximum atomic E-state index is 12.9. The molecule has 1 saturated heterocycles. The number of carbonyl (C=O) groups is 2. The first-order valence-electron chi connectivity index (χ1n) is 9.21. The molecule has 2 rings (SSSR count). The lowest BCUT2D eigenvalue weighted by Gasteiger charge is -2.42. The van der Waals surface area contributed by atoms with Crippen molar-refractivity contribution in [3.63, 3.8) is 0 Å². The molecule has 0 radical (unpaired) electrons. The van der Waals surface area contributed by atoms with Gasteiger partial charge >= 0.3 is 12.0 Å². The Bertz CT molecular complexity index is 638. The minimum Gasteiger partial charge on any atom is -0.469 e. The lowest BCUT2D eigenvalue weighted by Crippen LogP contribution is -2.52. The predicted octanol–water partition coefficient (Wildman–Crippen LogP) is 3.77. The van der Waals surface area contributed by atoms with E-state index < -0.39 is 0 Å². The van der Waals surface area contributed by atoms with E-state index in [2.05, 4.69) is 31.1 Å². The van der Waals surface area contributed by atoms with Crippen molar-refractivity contribution in [2.45, 2.75) is 53.5 Å². The molecule has 3 atom stereocenters. The Labute approximate surface area is 160 Å². The topological polar surface area (TPSA) is 71.5 Å². The highest BCUT2D eigenvalue weighted by Gasteiger charge is 2.39. The fraction of sp³-hybridized carbons (Fsp3) is 0.737. The van der Waals surface area contributed by atoms with E-state index in [1.54, 1.807) is 16.2 Å². The average molecular weight is 382 g/mol. The van der Waals surface area contributed by atoms with Gasteiger partial charge in [-0.3, -0.25) is 4.79 Å². The van der Waals surface area contributed by atoms with Crippen molar-refractivity contribution in [1.82, 2.24) is 15.2 Å². The molecule has 2 amide bonds. The average Bonchev–Trinajstić information content (AvgIpc) is 3.03. The second kappa shape index (κ2) is 8.37. The second-order valence-corrected chi connectivity index (χ2v) is 9.05. The zero-order valence-corrected chi connectivity index (χ0v) is 17.5. The standard InChI is InChI=1S/C19H31N3O3S/c1-7-15(16-20-12(2)11-26-16)21-18(24)22-9-13(17(23)25-6)8-14(10-22)19(3,4)5/h11,13-15H,7-10H2,1-6H3,(H,21,24)/t13-,14+,15?/m1/s1. The zero-order chi connectivity index (χ0) is 19.5. The van der Waals surface area contributed by atoms with E-state index in [1.165, 1.54) is 7.11 Å². The molecule has 0 saturated carbocycles. The lowest BCUT2D eigenvalue weighted by atomic mass is 9.73. The minimum atomic E-state index is -0.272. The van der Waals surface area contributed by atoms with Crippen molar-refractivity contribution in [3.05, 3.63) is 16.1 Å². The fourth-order valence-electron chi connectivity index (χ4n) is 3.34. The quantitative estimate of drug-likeness (QED) is 0.806. The van der Waals surface area contributed by atoms with Gasteiger partial charge in [0.1, 0.15) is 5.01 Å². The number of rotatable bonds is 4. The van der Waals surface area contributed by atoms with Gasteiger partial charge in [-0.1, -0.05) is 27.7 Å². The van der Waals surface area contributed by atoms with E-state index in [0.29, 0.717) is 13.1 Å². The van der Waals surface area contributed by atoms with Crippen molar-refractivity contribution >= 4 is 23.3 Å². The van der Waals surface area contributed by atoms with Gasteiger partial charge in [-0.05, 0) is 31.1 Å². The van der Waals surface area contributed by atoms with Crippen LogP contribution in [0, 0.1) is 24.2 Å². The summed E-state index contributed by atoms with van der Waals surface area (Å²) < 4.78 is 4.95. The summed E-state index contributed by atoms with van der Waals surface area (Å²) in [6, 6.07) is -0.236. The number of methoxy groups -OCH3 is 1. The van der Waals surface area contributed by atoms with Crippen LogP contribution < -0.4 is 5.32 Å². The third kappa shape index (κ3) is 4.96. The molecule has 0 aromatic carbocycles. The smallest absolute Gasteiger partial charge is 0.317 e. The third-order valence-corrected chi connectivity index (χ3v) is 6.21. The Balaban J connectivity index is 2.13. The van der Waals surface area contributed by atoms with Gasteiger partial charge in [-0.25, -0.2) is 9.78 Å². The number of likely N-dealkylation sites (tertiary alicyclic amines) is 1. The Morgan fingerprint density at radius 3 is 2.62 bits per heavy atom. The normalized spacial score (nSPS) is 22.0. The maximum Gasteiger partial charge on any atom is 0.317 e. The molecule has 26 heavy (non-hydrogen) atoms. The van der Waals surface area contributed by atoms with E-state index in [1.807, 2.05) is 19.2 Å². The number of piperidine rings is 1. The van der Waals surface area contributed by atoms with E-state index in [-0.39, 0.29) is 35.3 Å². The maximum absolute atomic E-state index is 12.9. The number of nitrogens with zero attached hydrogens (tertiary/aromatic N) is 2. The summed E-state index contributed by atoms with van der Waals surface area (Å²) in [5.74, 6) is -0.265. The number of ether oxygens (including phenoxy) is 1. The number of aryl methyl sites for hydroxylation is 1. The van der Waals surface area contributed by atoms with Gasteiger partial charge in [-0.2, -0.15) is 0 Å². The molecule has 1 aromatic heterocycles. The molecule has 1 unspecified atom stereocenters. The molecule has 0 bridgehead atoms. The number of carbonyl (C=O) groups excluding carboxylic acids is 2. The van der Waals surface area contributed by atoms with Gasteiger partial charge in [0.2, 0.25) is 0 Å². The Kier molecular flexibility index (Phi) is 6.66. The Morgan fingerprint density at radius 1 is 1.42 bits per heavy atom. The van der Waals surface area contributed by atoms with E-state index in [9.17, 15) is 9.59 Å². The monoisotopic (exact) mass is 381 g/mol. The highest BCUT2D eigenvalue weighted by atomic mass is 32.1. The summed E-state index contributed by atoms with van der Waals surface area (Å²) in [6.45, 7) is 11.5. The number of hydrogen-bond acceptors (Lipinski definition) is 5. The molecule has 0 aliphatic carbocycles. The molecule has 1 aliphatic heterocycles. The van der Waals surface area contributed by atoms with Crippen LogP contribution >= 0.6 is 11.3 Å². The molecule has 1 aliphatic rings. The SMILES string of the molecule is CCC(NC(=O)N1C[C@H](C(=O)OC)C[C@H](C(C)(C)C)C1)c1nc(C)cs1. The lowest BCUT2D eigenvalue weighted by molar-refractivity contribution is -0.148. The van der Waals surface area contributed by atoms with Crippen molar-refractivity contribution in [1.29, 1.82) is 0 Å². The first kappa shape index (κ1) is 20.7. The molecule has 1 aromatic rings. The van der Waals surface area contributed by atoms with Crippen LogP contribution in [0.4, 0.5) is 4.79 Å². The number of esters is 1. The van der Waals surface area contributed by atoms with Gasteiger partial charge < -0.3 is 15.0 Å². The molecule has 1 fully saturated rings. The molecule has 1 N–H and O–H groups in total. The summed E-state index contributed by atoms with van der Waals surface area (Å²) in [5, 5.41) is 6.02. The van der Waals surface area contributed by atoms with Gasteiger partial charge in [0.15, 0.2) is 0 Å². The number of nitrogens with one attached hydrogen (secondary N) is 1. The third-order valence-electron chi connectivity index (χ3n) is 5.14. The number of hydrogen-bond donors (Lipinski definition) is 1. The molecule has 2 heterocycles. The Morgan fingerprint density at radius 2 is 2.12 bits per heavy atom. The summed E-state index contributed by atoms with van der Waals surface area (Å²) >= 11 is 1.57. The van der Waals surface area contributed by atoms with Crippen LogP contribution in [0.3, 0.4) is 0 Å². The van der Waals surface area contributed by atoms with Crippen LogP contribution in [0.25, 0.3) is 0 Å². The molecular formula is C19H31N3O3S. The van der Waals surface area contributed by atoms with Crippen molar-refractivity contribution in [2.75, 3.05) is 20.2 Å². The van der Waals surface area contributed by atoms with E-state index in [0.717, 1.165) is 23.5 Å². The fourth-order valence-corrected chi connectivity index (χ4v) is 4.27. The zero-order valence-electron chi connectivity index (χ0n) is 16.7. The molecule has 7 heteroatoms. The molecule has 146 valence electrons. The van der Waals surface area contributed by atoms with Gasteiger partial charge in [0.25, 0.3) is 0 Å². The van der Waals surface area contributed by atoms with Crippen LogP contribution in [0.15, 0.2) is 5.38 Å². The predicted molar refractivity (Wildman–Crippen MR) is 103 cm³/mol. The van der Waals surface area contributed by atoms with Crippen LogP contribution in [-0.2, 0) is 9.53 Å². The Hall–Kier alpha value is -1.63. The number of urea groups is 1. The summed E-state index contributed by atoms with van der Waals surface area (Å²) in [4.78, 5) is 31.3. The van der Waals surface area contributed by atoms with Crippen LogP contribution in [0.2, 0.25) is 0 Å². The van der Waals surface area contributed by atoms with E-state index in [4.69, 9.17) is 4.74 Å². The van der Waals surface area contributed by atoms with Crippen LogP contribution in [-0.4, -0.2) is 42.1 Å².